The fourth-order valence-electron chi connectivity index (χ4n) is 1.52. The average Bonchev–Trinajstić information content (AvgIpc) is 2.26. The summed E-state index contributed by atoms with van der Waals surface area (Å²) in [5.74, 6) is 0.0735. The number of hydrogen-bond donors (Lipinski definition) is 1. The van der Waals surface area contributed by atoms with Gasteiger partial charge in [-0.2, -0.15) is 0 Å². The van der Waals surface area contributed by atoms with Gasteiger partial charge >= 0.3 is 6.03 Å². The summed E-state index contributed by atoms with van der Waals surface area (Å²) in [6, 6.07) is -0.0931. The molecular formula is C11H19N3O2. The summed E-state index contributed by atoms with van der Waals surface area (Å²) in [5, 5.41) is 2.72. The van der Waals surface area contributed by atoms with Crippen LogP contribution in [0.15, 0.2) is 11.8 Å². The van der Waals surface area contributed by atoms with Gasteiger partial charge in [0, 0.05) is 39.3 Å². The first-order chi connectivity index (χ1) is 7.50. The average molecular weight is 225 g/mol. The van der Waals surface area contributed by atoms with Gasteiger partial charge in [0.2, 0.25) is 5.91 Å². The second-order valence-corrected chi connectivity index (χ2v) is 4.16. The van der Waals surface area contributed by atoms with Gasteiger partial charge in [-0.15, -0.1) is 0 Å². The molecule has 1 N–H and O–H groups in total. The molecule has 5 nitrogen and oxygen atoms in total. The molecule has 5 heteroatoms. The Labute approximate surface area is 96.1 Å². The van der Waals surface area contributed by atoms with E-state index in [0.717, 1.165) is 5.57 Å². The molecule has 3 amide bonds. The molecule has 1 aliphatic heterocycles. The molecule has 0 aromatic rings. The third-order valence-electron chi connectivity index (χ3n) is 2.50. The van der Waals surface area contributed by atoms with Crippen LogP contribution in [0.1, 0.15) is 20.8 Å². The van der Waals surface area contributed by atoms with Crippen molar-refractivity contribution in [1.29, 1.82) is 0 Å². The van der Waals surface area contributed by atoms with Gasteiger partial charge in [-0.3, -0.25) is 4.79 Å². The predicted octanol–water partition coefficient (Wildman–Crippen LogP) is 0.784. The van der Waals surface area contributed by atoms with Gasteiger partial charge in [-0.05, 0) is 13.8 Å². The van der Waals surface area contributed by atoms with Crippen LogP contribution >= 0.6 is 0 Å². The molecule has 0 aliphatic carbocycles. The van der Waals surface area contributed by atoms with Crippen molar-refractivity contribution < 1.29 is 9.59 Å². The first-order valence-electron chi connectivity index (χ1n) is 5.45. The van der Waals surface area contributed by atoms with Crippen LogP contribution in [0.5, 0.6) is 0 Å². The van der Waals surface area contributed by atoms with Gasteiger partial charge in [0.25, 0.3) is 0 Å². The first-order valence-corrected chi connectivity index (χ1v) is 5.45. The van der Waals surface area contributed by atoms with E-state index in [1.807, 2.05) is 13.8 Å². The SMILES string of the molecule is CC(=O)N1CCN(C(=O)NC=C(C)C)CC1. The van der Waals surface area contributed by atoms with E-state index in [1.165, 1.54) is 0 Å². The molecule has 0 atom stereocenters. The number of rotatable bonds is 1. The van der Waals surface area contributed by atoms with Crippen molar-refractivity contribution in [3.8, 4) is 0 Å². The number of hydrogen-bond acceptors (Lipinski definition) is 2. The van der Waals surface area contributed by atoms with Crippen molar-refractivity contribution in [3.63, 3.8) is 0 Å². The Bertz CT molecular complexity index is 300. The molecule has 1 saturated heterocycles. The Morgan fingerprint density at radius 3 is 1.94 bits per heavy atom. The number of allylic oxidation sites excluding steroid dienone is 1. The predicted molar refractivity (Wildman–Crippen MR) is 61.8 cm³/mol. The van der Waals surface area contributed by atoms with Gasteiger partial charge < -0.3 is 15.1 Å². The molecule has 0 spiro atoms. The number of nitrogens with one attached hydrogen (secondary N) is 1. The molecule has 0 unspecified atom stereocenters. The number of carbonyl (C=O) groups is 2. The largest absolute Gasteiger partial charge is 0.339 e. The summed E-state index contributed by atoms with van der Waals surface area (Å²) in [6.45, 7) is 7.85. The minimum Gasteiger partial charge on any atom is -0.339 e. The van der Waals surface area contributed by atoms with E-state index in [-0.39, 0.29) is 11.9 Å². The summed E-state index contributed by atoms with van der Waals surface area (Å²) in [6.07, 6.45) is 1.69. The number of carbonyl (C=O) groups excluding carboxylic acids is 2. The van der Waals surface area contributed by atoms with Crippen LogP contribution in [0.25, 0.3) is 0 Å². The van der Waals surface area contributed by atoms with Crippen molar-refractivity contribution in [1.82, 2.24) is 15.1 Å². The van der Waals surface area contributed by atoms with Crippen LogP contribution in [0.2, 0.25) is 0 Å². The molecule has 0 aromatic heterocycles. The smallest absolute Gasteiger partial charge is 0.321 e. The maximum absolute atomic E-state index is 11.6. The lowest BCUT2D eigenvalue weighted by Gasteiger charge is -2.33. The third kappa shape index (κ3) is 3.56. The summed E-state index contributed by atoms with van der Waals surface area (Å²) in [5.41, 5.74) is 1.05. The fourth-order valence-corrected chi connectivity index (χ4v) is 1.52. The highest BCUT2D eigenvalue weighted by atomic mass is 16.2. The molecule has 1 rings (SSSR count). The Hall–Kier alpha value is -1.52. The highest BCUT2D eigenvalue weighted by Crippen LogP contribution is 2.02. The normalized spacial score (nSPS) is 15.7. The lowest BCUT2D eigenvalue weighted by atomic mass is 10.3. The van der Waals surface area contributed by atoms with Crippen LogP contribution in [0.3, 0.4) is 0 Å². The molecule has 16 heavy (non-hydrogen) atoms. The molecule has 0 saturated carbocycles. The van der Waals surface area contributed by atoms with E-state index >= 15 is 0 Å². The quantitative estimate of drug-likeness (QED) is 0.717. The van der Waals surface area contributed by atoms with E-state index in [1.54, 1.807) is 22.9 Å². The highest BCUT2D eigenvalue weighted by molar-refractivity contribution is 5.76. The summed E-state index contributed by atoms with van der Waals surface area (Å²) < 4.78 is 0. The minimum atomic E-state index is -0.0931. The van der Waals surface area contributed by atoms with E-state index < -0.39 is 0 Å². The van der Waals surface area contributed by atoms with Crippen molar-refractivity contribution in [2.45, 2.75) is 20.8 Å². The number of amides is 3. The van der Waals surface area contributed by atoms with Crippen LogP contribution in [0, 0.1) is 0 Å². The van der Waals surface area contributed by atoms with Gasteiger partial charge in [0.1, 0.15) is 0 Å². The van der Waals surface area contributed by atoms with Gasteiger partial charge in [0.05, 0.1) is 0 Å². The van der Waals surface area contributed by atoms with Crippen LogP contribution in [0.4, 0.5) is 4.79 Å². The molecule has 0 aromatic carbocycles. The molecule has 1 aliphatic rings. The zero-order valence-electron chi connectivity index (χ0n) is 10.1. The van der Waals surface area contributed by atoms with Crippen LogP contribution in [-0.4, -0.2) is 47.9 Å². The molecule has 1 heterocycles. The second-order valence-electron chi connectivity index (χ2n) is 4.16. The fraction of sp³-hybridized carbons (Fsp3) is 0.636. The third-order valence-corrected chi connectivity index (χ3v) is 2.50. The summed E-state index contributed by atoms with van der Waals surface area (Å²) in [4.78, 5) is 26.2. The first kappa shape index (κ1) is 12.5. The molecule has 0 bridgehead atoms. The van der Waals surface area contributed by atoms with Gasteiger partial charge in [-0.25, -0.2) is 4.79 Å². The lowest BCUT2D eigenvalue weighted by Crippen LogP contribution is -2.52. The van der Waals surface area contributed by atoms with Gasteiger partial charge in [-0.1, -0.05) is 5.57 Å². The van der Waals surface area contributed by atoms with Crippen molar-refractivity contribution in [2.75, 3.05) is 26.2 Å². The Kier molecular flexibility index (Phi) is 4.34. The lowest BCUT2D eigenvalue weighted by molar-refractivity contribution is -0.130. The summed E-state index contributed by atoms with van der Waals surface area (Å²) in [7, 11) is 0. The Morgan fingerprint density at radius 2 is 1.50 bits per heavy atom. The standard InChI is InChI=1S/C11H19N3O2/c1-9(2)8-12-11(16)14-6-4-13(5-7-14)10(3)15/h8H,4-7H2,1-3H3,(H,12,16). The topological polar surface area (TPSA) is 52.7 Å². The maximum atomic E-state index is 11.6. The van der Waals surface area contributed by atoms with Crippen LogP contribution < -0.4 is 5.32 Å². The van der Waals surface area contributed by atoms with Crippen molar-refractivity contribution in [3.05, 3.63) is 11.8 Å². The van der Waals surface area contributed by atoms with Gasteiger partial charge in [0.15, 0.2) is 0 Å². The number of urea groups is 1. The van der Waals surface area contributed by atoms with Crippen molar-refractivity contribution in [2.24, 2.45) is 0 Å². The Balaban J connectivity index is 2.39. The maximum Gasteiger partial charge on any atom is 0.321 e. The zero-order valence-corrected chi connectivity index (χ0v) is 10.1. The molecule has 90 valence electrons. The van der Waals surface area contributed by atoms with E-state index in [4.69, 9.17) is 0 Å². The highest BCUT2D eigenvalue weighted by Gasteiger charge is 2.21. The van der Waals surface area contributed by atoms with E-state index in [0.29, 0.717) is 26.2 Å². The second kappa shape index (κ2) is 5.53. The summed E-state index contributed by atoms with van der Waals surface area (Å²) >= 11 is 0. The van der Waals surface area contributed by atoms with E-state index in [2.05, 4.69) is 5.32 Å². The van der Waals surface area contributed by atoms with Crippen molar-refractivity contribution >= 4 is 11.9 Å². The minimum absolute atomic E-state index is 0.0735. The monoisotopic (exact) mass is 225 g/mol. The van der Waals surface area contributed by atoms with Crippen LogP contribution in [-0.2, 0) is 4.79 Å². The Morgan fingerprint density at radius 1 is 1.00 bits per heavy atom. The molecule has 1 fully saturated rings. The zero-order chi connectivity index (χ0) is 12.1. The van der Waals surface area contributed by atoms with E-state index in [9.17, 15) is 9.59 Å². The number of piperazine rings is 1. The molecule has 0 radical (unpaired) electrons. The number of nitrogens with zero attached hydrogens (tertiary/aromatic N) is 2. The molecular weight excluding hydrogens is 206 g/mol.